The van der Waals surface area contributed by atoms with E-state index in [0.717, 1.165) is 16.8 Å². The van der Waals surface area contributed by atoms with Crippen LogP contribution in [-0.4, -0.2) is 21.0 Å². The molecule has 2 aromatic heterocycles. The summed E-state index contributed by atoms with van der Waals surface area (Å²) in [5, 5.41) is 13.1. The lowest BCUT2D eigenvalue weighted by molar-refractivity contribution is 0.135. The van der Waals surface area contributed by atoms with E-state index in [2.05, 4.69) is 16.2 Å². The van der Waals surface area contributed by atoms with E-state index in [4.69, 9.17) is 5.26 Å². The van der Waals surface area contributed by atoms with Crippen molar-refractivity contribution in [2.75, 3.05) is 0 Å². The van der Waals surface area contributed by atoms with Gasteiger partial charge in [-0.3, -0.25) is 0 Å². The molecular formula is C17H14F2N4. The Morgan fingerprint density at radius 3 is 2.65 bits per heavy atom. The average Bonchev–Trinajstić information content (AvgIpc) is 3.02. The second-order valence-corrected chi connectivity index (χ2v) is 5.25. The van der Waals surface area contributed by atoms with Crippen molar-refractivity contribution in [1.82, 2.24) is 14.6 Å². The topological polar surface area (TPSA) is 54.0 Å². The van der Waals surface area contributed by atoms with Gasteiger partial charge in [0.15, 0.2) is 5.65 Å². The molecule has 0 spiro atoms. The van der Waals surface area contributed by atoms with Gasteiger partial charge in [-0.05, 0) is 42.7 Å². The minimum atomic E-state index is -2.27. The van der Waals surface area contributed by atoms with E-state index in [1.807, 2.05) is 24.3 Å². The maximum absolute atomic E-state index is 12.3. The molecule has 0 bridgehead atoms. The van der Waals surface area contributed by atoms with Crippen LogP contribution in [0.25, 0.3) is 16.9 Å². The fourth-order valence-electron chi connectivity index (χ4n) is 2.50. The lowest BCUT2D eigenvalue weighted by atomic mass is 10.0. The standard InChI is InChI=1S/C17H14F2N4/c18-16(19)3-1-2-13-8-15(23-17(9-13)21-11-22-23)14-6-4-12(10-20)5-7-14/h4-9,11,16H,1-3H2. The van der Waals surface area contributed by atoms with Gasteiger partial charge < -0.3 is 0 Å². The molecule has 4 nitrogen and oxygen atoms in total. The highest BCUT2D eigenvalue weighted by molar-refractivity contribution is 5.65. The lowest BCUT2D eigenvalue weighted by Crippen LogP contribution is -1.99. The summed E-state index contributed by atoms with van der Waals surface area (Å²) in [4.78, 5) is 4.19. The zero-order valence-corrected chi connectivity index (χ0v) is 12.3. The van der Waals surface area contributed by atoms with E-state index in [1.54, 1.807) is 16.6 Å². The van der Waals surface area contributed by atoms with Crippen molar-refractivity contribution in [2.45, 2.75) is 25.7 Å². The molecule has 0 saturated heterocycles. The molecule has 0 fully saturated rings. The zero-order chi connectivity index (χ0) is 16.2. The van der Waals surface area contributed by atoms with Crippen LogP contribution >= 0.6 is 0 Å². The Bertz CT molecular complexity index is 847. The number of nitrogens with zero attached hydrogens (tertiary/aromatic N) is 4. The Morgan fingerprint density at radius 1 is 1.17 bits per heavy atom. The first-order valence-electron chi connectivity index (χ1n) is 7.29. The molecule has 116 valence electrons. The minimum Gasteiger partial charge on any atom is -0.215 e. The smallest absolute Gasteiger partial charge is 0.215 e. The van der Waals surface area contributed by atoms with Crippen LogP contribution in [0.1, 0.15) is 24.0 Å². The maximum Gasteiger partial charge on any atom is 0.238 e. The van der Waals surface area contributed by atoms with Gasteiger partial charge in [0.2, 0.25) is 6.43 Å². The molecule has 23 heavy (non-hydrogen) atoms. The van der Waals surface area contributed by atoms with E-state index in [0.29, 0.717) is 24.1 Å². The molecule has 0 aliphatic heterocycles. The molecule has 0 saturated carbocycles. The highest BCUT2D eigenvalue weighted by Crippen LogP contribution is 2.23. The first-order valence-corrected chi connectivity index (χ1v) is 7.29. The number of aryl methyl sites for hydroxylation is 1. The molecule has 0 amide bonds. The normalized spacial score (nSPS) is 11.0. The Kier molecular flexibility index (Phi) is 4.29. The predicted octanol–water partition coefficient (Wildman–Crippen LogP) is 3.86. The van der Waals surface area contributed by atoms with Gasteiger partial charge in [0, 0.05) is 12.0 Å². The second kappa shape index (κ2) is 6.53. The number of rotatable bonds is 5. The van der Waals surface area contributed by atoms with Crippen molar-refractivity contribution in [2.24, 2.45) is 0 Å². The van der Waals surface area contributed by atoms with Gasteiger partial charge >= 0.3 is 0 Å². The van der Waals surface area contributed by atoms with Gasteiger partial charge in [-0.25, -0.2) is 18.3 Å². The molecule has 0 unspecified atom stereocenters. The summed E-state index contributed by atoms with van der Waals surface area (Å²) in [6.45, 7) is 0. The van der Waals surface area contributed by atoms with Crippen molar-refractivity contribution >= 4 is 5.65 Å². The van der Waals surface area contributed by atoms with Gasteiger partial charge in [0.1, 0.15) is 6.33 Å². The van der Waals surface area contributed by atoms with E-state index >= 15 is 0 Å². The first kappa shape index (κ1) is 15.1. The van der Waals surface area contributed by atoms with Crippen LogP contribution in [0.2, 0.25) is 0 Å². The van der Waals surface area contributed by atoms with Gasteiger partial charge in [0.05, 0.1) is 17.3 Å². The number of benzene rings is 1. The average molecular weight is 312 g/mol. The Balaban J connectivity index is 1.97. The van der Waals surface area contributed by atoms with Crippen LogP contribution in [0.5, 0.6) is 0 Å². The predicted molar refractivity (Wildman–Crippen MR) is 82.1 cm³/mol. The fraction of sp³-hybridized carbons (Fsp3) is 0.235. The molecule has 0 radical (unpaired) electrons. The summed E-state index contributed by atoms with van der Waals surface area (Å²) in [6, 6.07) is 13.1. The number of aromatic nitrogens is 3. The Hall–Kier alpha value is -2.81. The Labute approximate surface area is 132 Å². The van der Waals surface area contributed by atoms with Gasteiger partial charge in [-0.2, -0.15) is 10.4 Å². The van der Waals surface area contributed by atoms with E-state index in [-0.39, 0.29) is 6.42 Å². The van der Waals surface area contributed by atoms with Crippen molar-refractivity contribution in [3.63, 3.8) is 0 Å². The Morgan fingerprint density at radius 2 is 1.96 bits per heavy atom. The SMILES string of the molecule is N#Cc1ccc(-c2cc(CCCC(F)F)cc3ncnn23)cc1. The van der Waals surface area contributed by atoms with Gasteiger partial charge in [-0.1, -0.05) is 12.1 Å². The molecule has 0 N–H and O–H groups in total. The number of halogens is 2. The van der Waals surface area contributed by atoms with E-state index in [9.17, 15) is 8.78 Å². The summed E-state index contributed by atoms with van der Waals surface area (Å²) >= 11 is 0. The van der Waals surface area contributed by atoms with Crippen molar-refractivity contribution in [3.05, 3.63) is 53.9 Å². The third kappa shape index (κ3) is 3.34. The summed E-state index contributed by atoms with van der Waals surface area (Å²) in [7, 11) is 0. The van der Waals surface area contributed by atoms with Crippen LogP contribution in [-0.2, 0) is 6.42 Å². The lowest BCUT2D eigenvalue weighted by Gasteiger charge is -2.08. The molecule has 3 aromatic rings. The number of alkyl halides is 2. The minimum absolute atomic E-state index is 0.107. The van der Waals surface area contributed by atoms with Crippen LogP contribution in [0.15, 0.2) is 42.7 Å². The first-order chi connectivity index (χ1) is 11.2. The molecule has 6 heteroatoms. The molecular weight excluding hydrogens is 298 g/mol. The van der Waals surface area contributed by atoms with Gasteiger partial charge in [0.25, 0.3) is 0 Å². The van der Waals surface area contributed by atoms with E-state index < -0.39 is 6.43 Å². The fourth-order valence-corrected chi connectivity index (χ4v) is 2.50. The maximum atomic E-state index is 12.3. The number of hydrogen-bond donors (Lipinski definition) is 0. The largest absolute Gasteiger partial charge is 0.238 e. The quantitative estimate of drug-likeness (QED) is 0.719. The third-order valence-corrected chi connectivity index (χ3v) is 3.64. The van der Waals surface area contributed by atoms with E-state index in [1.165, 1.54) is 6.33 Å². The van der Waals surface area contributed by atoms with Crippen LogP contribution in [0.3, 0.4) is 0 Å². The molecule has 0 aliphatic rings. The molecule has 0 atom stereocenters. The van der Waals surface area contributed by atoms with Crippen molar-refractivity contribution in [3.8, 4) is 17.3 Å². The second-order valence-electron chi connectivity index (χ2n) is 5.25. The highest BCUT2D eigenvalue weighted by atomic mass is 19.3. The van der Waals surface area contributed by atoms with Crippen LogP contribution < -0.4 is 0 Å². The summed E-state index contributed by atoms with van der Waals surface area (Å²) in [5.41, 5.74) is 3.94. The number of hydrogen-bond acceptors (Lipinski definition) is 3. The van der Waals surface area contributed by atoms with Crippen LogP contribution in [0.4, 0.5) is 8.78 Å². The number of pyridine rings is 1. The van der Waals surface area contributed by atoms with Crippen molar-refractivity contribution in [1.29, 1.82) is 5.26 Å². The monoisotopic (exact) mass is 312 g/mol. The molecule has 3 rings (SSSR count). The van der Waals surface area contributed by atoms with Gasteiger partial charge in [-0.15, -0.1) is 0 Å². The van der Waals surface area contributed by atoms with Crippen LogP contribution in [0, 0.1) is 11.3 Å². The van der Waals surface area contributed by atoms with Crippen molar-refractivity contribution < 1.29 is 8.78 Å². The summed E-state index contributed by atoms with van der Waals surface area (Å²) in [5.74, 6) is 0. The summed E-state index contributed by atoms with van der Waals surface area (Å²) < 4.78 is 26.3. The summed E-state index contributed by atoms with van der Waals surface area (Å²) in [6.07, 6.45) is 0.0752. The number of fused-ring (bicyclic) bond motifs is 1. The zero-order valence-electron chi connectivity index (χ0n) is 12.3. The highest BCUT2D eigenvalue weighted by Gasteiger charge is 2.09. The number of nitriles is 1. The molecule has 2 heterocycles. The molecule has 0 aliphatic carbocycles. The third-order valence-electron chi connectivity index (χ3n) is 3.64. The molecule has 1 aromatic carbocycles.